The number of hydrogen-bond donors (Lipinski definition) is 1. The van der Waals surface area contributed by atoms with Crippen molar-refractivity contribution in [3.63, 3.8) is 0 Å². The van der Waals surface area contributed by atoms with Gasteiger partial charge in [0.25, 0.3) is 0 Å². The van der Waals surface area contributed by atoms with Crippen LogP contribution in [0, 0.1) is 0 Å². The van der Waals surface area contributed by atoms with Gasteiger partial charge in [0.15, 0.2) is 0 Å². The fourth-order valence-corrected chi connectivity index (χ4v) is 1.96. The number of benzene rings is 1. The fraction of sp³-hybridized carbons (Fsp3) is 0.619. The highest BCUT2D eigenvalue weighted by Gasteiger charge is 2.01. The maximum atomic E-state index is 5.57. The molecule has 0 saturated carbocycles. The summed E-state index contributed by atoms with van der Waals surface area (Å²) >= 11 is 0. The van der Waals surface area contributed by atoms with Gasteiger partial charge in [0, 0.05) is 12.1 Å². The highest BCUT2D eigenvalue weighted by molar-refractivity contribution is 5.48. The first kappa shape index (κ1) is 21.7. The summed E-state index contributed by atoms with van der Waals surface area (Å²) in [4.78, 5) is 0. The zero-order valence-corrected chi connectivity index (χ0v) is 15.9. The van der Waals surface area contributed by atoms with Crippen LogP contribution in [-0.2, 0) is 0 Å². The van der Waals surface area contributed by atoms with E-state index in [0.29, 0.717) is 12.1 Å². The lowest BCUT2D eigenvalue weighted by atomic mass is 10.2. The molecule has 132 valence electrons. The third-order valence-corrected chi connectivity index (χ3v) is 3.93. The minimum atomic E-state index is 0.681. The summed E-state index contributed by atoms with van der Waals surface area (Å²) in [5, 5.41) is 3.48. The Balaban J connectivity index is 0.000000468. The SMILES string of the molecule is C=Cc1ccc(OCCCCC)cc1.CCC(C)NC(C)CC. The van der Waals surface area contributed by atoms with E-state index in [-0.39, 0.29) is 0 Å². The molecule has 23 heavy (non-hydrogen) atoms. The minimum absolute atomic E-state index is 0.681. The predicted molar refractivity (Wildman–Crippen MR) is 104 cm³/mol. The summed E-state index contributed by atoms with van der Waals surface area (Å²) in [6, 6.07) is 9.37. The first-order chi connectivity index (χ1) is 11.1. The summed E-state index contributed by atoms with van der Waals surface area (Å²) in [5.74, 6) is 0.951. The molecule has 0 fully saturated rings. The molecule has 0 amide bonds. The van der Waals surface area contributed by atoms with Gasteiger partial charge in [0.05, 0.1) is 6.61 Å². The molecular weight excluding hydrogens is 282 g/mol. The predicted octanol–water partition coefficient (Wildman–Crippen LogP) is 6.07. The van der Waals surface area contributed by atoms with Crippen LogP contribution in [0.2, 0.25) is 0 Å². The Kier molecular flexibility index (Phi) is 13.5. The van der Waals surface area contributed by atoms with E-state index < -0.39 is 0 Å². The van der Waals surface area contributed by atoms with Crippen LogP contribution in [0.3, 0.4) is 0 Å². The topological polar surface area (TPSA) is 21.3 Å². The summed E-state index contributed by atoms with van der Waals surface area (Å²) in [5.41, 5.74) is 1.13. The van der Waals surface area contributed by atoms with Crippen LogP contribution in [-0.4, -0.2) is 18.7 Å². The smallest absolute Gasteiger partial charge is 0.119 e. The van der Waals surface area contributed by atoms with E-state index in [0.717, 1.165) is 24.3 Å². The molecule has 0 aliphatic heterocycles. The summed E-state index contributed by atoms with van der Waals surface area (Å²) in [6.07, 6.45) is 7.90. The molecule has 1 aromatic carbocycles. The van der Waals surface area contributed by atoms with E-state index in [2.05, 4.69) is 46.5 Å². The Hall–Kier alpha value is -1.28. The quantitative estimate of drug-likeness (QED) is 0.528. The van der Waals surface area contributed by atoms with Crippen LogP contribution >= 0.6 is 0 Å². The summed E-state index contributed by atoms with van der Waals surface area (Å²) < 4.78 is 5.57. The highest BCUT2D eigenvalue weighted by Crippen LogP contribution is 2.13. The van der Waals surface area contributed by atoms with Gasteiger partial charge < -0.3 is 10.1 Å². The molecule has 2 unspecified atom stereocenters. The van der Waals surface area contributed by atoms with Crippen molar-refractivity contribution in [1.29, 1.82) is 0 Å². The van der Waals surface area contributed by atoms with Gasteiger partial charge in [-0.1, -0.05) is 58.4 Å². The van der Waals surface area contributed by atoms with Gasteiger partial charge >= 0.3 is 0 Å². The Labute approximate surface area is 144 Å². The summed E-state index contributed by atoms with van der Waals surface area (Å²) in [6.45, 7) is 15.6. The minimum Gasteiger partial charge on any atom is -0.494 e. The van der Waals surface area contributed by atoms with Crippen molar-refractivity contribution in [2.24, 2.45) is 0 Å². The molecule has 0 aromatic heterocycles. The Morgan fingerprint density at radius 2 is 1.57 bits per heavy atom. The molecule has 1 rings (SSSR count). The van der Waals surface area contributed by atoms with Crippen LogP contribution in [0.4, 0.5) is 0 Å². The first-order valence-corrected chi connectivity index (χ1v) is 9.18. The van der Waals surface area contributed by atoms with Crippen LogP contribution in [0.5, 0.6) is 5.75 Å². The van der Waals surface area contributed by atoms with E-state index in [4.69, 9.17) is 4.74 Å². The molecule has 0 saturated heterocycles. The number of rotatable bonds is 10. The van der Waals surface area contributed by atoms with Crippen molar-refractivity contribution in [2.75, 3.05) is 6.61 Å². The third-order valence-electron chi connectivity index (χ3n) is 3.93. The highest BCUT2D eigenvalue weighted by atomic mass is 16.5. The van der Waals surface area contributed by atoms with E-state index >= 15 is 0 Å². The van der Waals surface area contributed by atoms with Crippen LogP contribution in [0.25, 0.3) is 6.08 Å². The van der Waals surface area contributed by atoms with Gasteiger partial charge in [0.1, 0.15) is 5.75 Å². The third kappa shape index (κ3) is 11.9. The van der Waals surface area contributed by atoms with Crippen molar-refractivity contribution in [1.82, 2.24) is 5.32 Å². The van der Waals surface area contributed by atoms with Crippen molar-refractivity contribution in [3.05, 3.63) is 36.4 Å². The molecule has 2 heteroatoms. The second-order valence-electron chi connectivity index (χ2n) is 6.11. The number of ether oxygens (including phenoxy) is 1. The Morgan fingerprint density at radius 3 is 2.00 bits per heavy atom. The average molecular weight is 320 g/mol. The van der Waals surface area contributed by atoms with E-state index in [1.807, 2.05) is 30.3 Å². The molecule has 1 N–H and O–H groups in total. The Morgan fingerprint density at radius 1 is 1.00 bits per heavy atom. The van der Waals surface area contributed by atoms with Crippen LogP contribution < -0.4 is 10.1 Å². The molecule has 1 aromatic rings. The molecule has 0 aliphatic carbocycles. The molecular formula is C21H37NO. The second-order valence-corrected chi connectivity index (χ2v) is 6.11. The molecule has 2 atom stereocenters. The normalized spacial score (nSPS) is 12.7. The van der Waals surface area contributed by atoms with Gasteiger partial charge in [0.2, 0.25) is 0 Å². The molecule has 0 bridgehead atoms. The molecule has 0 spiro atoms. The van der Waals surface area contributed by atoms with Gasteiger partial charge in [-0.05, 0) is 50.8 Å². The molecule has 2 nitrogen and oxygen atoms in total. The zero-order chi connectivity index (χ0) is 17.5. The fourth-order valence-electron chi connectivity index (χ4n) is 1.96. The number of unbranched alkanes of at least 4 members (excludes halogenated alkanes) is 2. The van der Waals surface area contributed by atoms with Crippen LogP contribution in [0.1, 0.15) is 72.3 Å². The van der Waals surface area contributed by atoms with E-state index in [9.17, 15) is 0 Å². The van der Waals surface area contributed by atoms with Crippen LogP contribution in [0.15, 0.2) is 30.8 Å². The van der Waals surface area contributed by atoms with Crippen molar-refractivity contribution < 1.29 is 4.74 Å². The Bertz CT molecular complexity index is 377. The van der Waals surface area contributed by atoms with E-state index in [1.54, 1.807) is 0 Å². The van der Waals surface area contributed by atoms with Gasteiger partial charge in [-0.2, -0.15) is 0 Å². The monoisotopic (exact) mass is 319 g/mol. The lowest BCUT2D eigenvalue weighted by Gasteiger charge is -2.16. The number of nitrogens with one attached hydrogen (secondary N) is 1. The molecule has 0 heterocycles. The standard InChI is InChI=1S/C13H18O.C8H19N/c1-3-5-6-11-14-13-9-7-12(4-2)8-10-13;1-5-7(3)9-8(4)6-2/h4,7-10H,2-3,5-6,11H2,1H3;7-9H,5-6H2,1-4H3. The van der Waals surface area contributed by atoms with Gasteiger partial charge in [-0.15, -0.1) is 0 Å². The van der Waals surface area contributed by atoms with Gasteiger partial charge in [-0.25, -0.2) is 0 Å². The van der Waals surface area contributed by atoms with Crippen molar-refractivity contribution in [3.8, 4) is 5.75 Å². The molecule has 0 aliphatic rings. The first-order valence-electron chi connectivity index (χ1n) is 9.18. The van der Waals surface area contributed by atoms with Crippen molar-refractivity contribution in [2.45, 2.75) is 78.8 Å². The maximum absolute atomic E-state index is 5.57. The van der Waals surface area contributed by atoms with Crippen molar-refractivity contribution >= 4 is 6.08 Å². The number of hydrogen-bond acceptors (Lipinski definition) is 2. The van der Waals surface area contributed by atoms with E-state index in [1.165, 1.54) is 25.7 Å². The van der Waals surface area contributed by atoms with Gasteiger partial charge in [-0.3, -0.25) is 0 Å². The summed E-state index contributed by atoms with van der Waals surface area (Å²) in [7, 11) is 0. The lowest BCUT2D eigenvalue weighted by molar-refractivity contribution is 0.306. The largest absolute Gasteiger partial charge is 0.494 e. The lowest BCUT2D eigenvalue weighted by Crippen LogP contribution is -2.33. The second kappa shape index (κ2) is 14.3. The maximum Gasteiger partial charge on any atom is 0.119 e. The average Bonchev–Trinajstić information content (AvgIpc) is 2.59. The zero-order valence-electron chi connectivity index (χ0n) is 15.9. The molecule has 0 radical (unpaired) electrons.